The predicted octanol–water partition coefficient (Wildman–Crippen LogP) is 6.40. The molecule has 0 radical (unpaired) electrons. The molecule has 1 aromatic heterocycles. The van der Waals surface area contributed by atoms with Crippen LogP contribution in [0.2, 0.25) is 0 Å². The Morgan fingerprint density at radius 2 is 1.45 bits per heavy atom. The standard InChI is InChI=1S/C28H25N/c1-18-12-26(29-17-19(18)2)24-11-10-20-8-5-9-23-15-28(16-25(24)27(20)23)13-21-6-3-4-7-22(21)14-28/h3-12,17H,13-16H2,1-2H3. The number of fused-ring (bicyclic) bond motifs is 1. The smallest absolute Gasteiger partial charge is 0.0707 e. The Labute approximate surface area is 172 Å². The largest absolute Gasteiger partial charge is 0.256 e. The number of aromatic nitrogens is 1. The highest BCUT2D eigenvalue weighted by Crippen LogP contribution is 2.49. The maximum atomic E-state index is 4.83. The summed E-state index contributed by atoms with van der Waals surface area (Å²) in [5.74, 6) is 0. The van der Waals surface area contributed by atoms with E-state index in [9.17, 15) is 0 Å². The molecule has 1 spiro atoms. The lowest BCUT2D eigenvalue weighted by atomic mass is 9.68. The van der Waals surface area contributed by atoms with Crippen molar-refractivity contribution < 1.29 is 0 Å². The highest BCUT2D eigenvalue weighted by atomic mass is 14.7. The summed E-state index contributed by atoms with van der Waals surface area (Å²) in [6.07, 6.45) is 6.72. The number of aryl methyl sites for hydroxylation is 2. The Morgan fingerprint density at radius 3 is 2.21 bits per heavy atom. The van der Waals surface area contributed by atoms with E-state index in [0.29, 0.717) is 5.41 Å². The number of hydrogen-bond acceptors (Lipinski definition) is 1. The Morgan fingerprint density at radius 1 is 0.724 bits per heavy atom. The molecule has 4 aromatic rings. The quantitative estimate of drug-likeness (QED) is 0.375. The average molecular weight is 376 g/mol. The van der Waals surface area contributed by atoms with Crippen LogP contribution in [0.5, 0.6) is 0 Å². The zero-order chi connectivity index (χ0) is 19.6. The van der Waals surface area contributed by atoms with E-state index in [4.69, 9.17) is 4.98 Å². The minimum absolute atomic E-state index is 0.306. The summed E-state index contributed by atoms with van der Waals surface area (Å²) in [7, 11) is 0. The minimum atomic E-state index is 0.306. The number of rotatable bonds is 1. The highest BCUT2D eigenvalue weighted by Gasteiger charge is 2.41. The molecule has 1 nitrogen and oxygen atoms in total. The fourth-order valence-corrected chi connectivity index (χ4v) is 5.74. The maximum Gasteiger partial charge on any atom is 0.0707 e. The van der Waals surface area contributed by atoms with Crippen LogP contribution in [0.15, 0.2) is 66.9 Å². The van der Waals surface area contributed by atoms with Crippen LogP contribution in [0.3, 0.4) is 0 Å². The van der Waals surface area contributed by atoms with Gasteiger partial charge in [-0.1, -0.05) is 54.6 Å². The fourth-order valence-electron chi connectivity index (χ4n) is 5.74. The zero-order valence-electron chi connectivity index (χ0n) is 17.1. The van der Waals surface area contributed by atoms with Gasteiger partial charge in [-0.15, -0.1) is 0 Å². The highest BCUT2D eigenvalue weighted by molar-refractivity contribution is 5.95. The number of benzene rings is 3. The van der Waals surface area contributed by atoms with Crippen LogP contribution in [0.4, 0.5) is 0 Å². The first-order chi connectivity index (χ1) is 14.1. The van der Waals surface area contributed by atoms with Crippen LogP contribution < -0.4 is 0 Å². The summed E-state index contributed by atoms with van der Waals surface area (Å²) in [4.78, 5) is 4.83. The van der Waals surface area contributed by atoms with E-state index in [1.165, 1.54) is 57.9 Å². The number of hydrogen-bond donors (Lipinski definition) is 0. The molecule has 2 aliphatic rings. The number of pyridine rings is 1. The van der Waals surface area contributed by atoms with E-state index in [0.717, 1.165) is 12.1 Å². The summed E-state index contributed by atoms with van der Waals surface area (Å²) in [6.45, 7) is 4.33. The van der Waals surface area contributed by atoms with Crippen molar-refractivity contribution in [3.8, 4) is 11.3 Å². The second-order valence-corrected chi connectivity index (χ2v) is 9.24. The second kappa shape index (κ2) is 6.03. The van der Waals surface area contributed by atoms with Crippen molar-refractivity contribution in [2.75, 3.05) is 0 Å². The Kier molecular flexibility index (Phi) is 3.53. The molecule has 0 saturated carbocycles. The molecule has 0 amide bonds. The molecule has 0 bridgehead atoms. The van der Waals surface area contributed by atoms with Gasteiger partial charge in [-0.05, 0) is 95.2 Å². The monoisotopic (exact) mass is 375 g/mol. The van der Waals surface area contributed by atoms with Gasteiger partial charge in [0, 0.05) is 11.8 Å². The van der Waals surface area contributed by atoms with Crippen molar-refractivity contribution in [3.63, 3.8) is 0 Å². The normalized spacial score (nSPS) is 16.3. The molecule has 6 rings (SSSR count). The zero-order valence-corrected chi connectivity index (χ0v) is 17.1. The molecule has 0 atom stereocenters. The lowest BCUT2D eigenvalue weighted by Gasteiger charge is -2.36. The second-order valence-electron chi connectivity index (χ2n) is 9.24. The summed E-state index contributed by atoms with van der Waals surface area (Å²) < 4.78 is 0. The molecule has 3 aromatic carbocycles. The minimum Gasteiger partial charge on any atom is -0.256 e. The van der Waals surface area contributed by atoms with E-state index in [1.54, 1.807) is 11.1 Å². The summed E-state index contributed by atoms with van der Waals surface area (Å²) >= 11 is 0. The van der Waals surface area contributed by atoms with Gasteiger partial charge in [-0.2, -0.15) is 0 Å². The topological polar surface area (TPSA) is 12.9 Å². The van der Waals surface area contributed by atoms with Gasteiger partial charge in [0.25, 0.3) is 0 Å². The third-order valence-electron chi connectivity index (χ3n) is 7.25. The lowest BCUT2D eigenvalue weighted by molar-refractivity contribution is 0.296. The lowest BCUT2D eigenvalue weighted by Crippen LogP contribution is -2.31. The Bertz CT molecular complexity index is 1260. The van der Waals surface area contributed by atoms with Gasteiger partial charge in [-0.3, -0.25) is 4.98 Å². The summed E-state index contributed by atoms with van der Waals surface area (Å²) in [5, 5.41) is 2.85. The molecular weight excluding hydrogens is 350 g/mol. The molecule has 0 fully saturated rings. The predicted molar refractivity (Wildman–Crippen MR) is 120 cm³/mol. The third-order valence-corrected chi connectivity index (χ3v) is 7.25. The fraction of sp³-hybridized carbons (Fsp3) is 0.250. The van der Waals surface area contributed by atoms with Crippen LogP contribution >= 0.6 is 0 Å². The molecule has 1 heteroatoms. The Balaban J connectivity index is 1.55. The molecule has 29 heavy (non-hydrogen) atoms. The molecule has 1 heterocycles. The van der Waals surface area contributed by atoms with Gasteiger partial charge in [0.05, 0.1) is 5.69 Å². The number of nitrogens with zero attached hydrogens (tertiary/aromatic N) is 1. The van der Waals surface area contributed by atoms with Crippen molar-refractivity contribution in [1.82, 2.24) is 4.98 Å². The van der Waals surface area contributed by atoms with Crippen molar-refractivity contribution >= 4 is 10.8 Å². The molecule has 0 saturated heterocycles. The van der Waals surface area contributed by atoms with Gasteiger partial charge in [0.2, 0.25) is 0 Å². The average Bonchev–Trinajstić information content (AvgIpc) is 3.07. The van der Waals surface area contributed by atoms with Gasteiger partial charge in [0.1, 0.15) is 0 Å². The molecule has 2 aliphatic carbocycles. The first-order valence-corrected chi connectivity index (χ1v) is 10.7. The molecule has 0 aliphatic heterocycles. The van der Waals surface area contributed by atoms with Crippen molar-refractivity contribution in [2.24, 2.45) is 5.41 Å². The van der Waals surface area contributed by atoms with Crippen molar-refractivity contribution in [2.45, 2.75) is 39.5 Å². The third kappa shape index (κ3) is 2.57. The molecule has 0 N–H and O–H groups in total. The van der Waals surface area contributed by atoms with Crippen LogP contribution in [0.1, 0.15) is 33.4 Å². The molecule has 0 unspecified atom stereocenters. The Hall–Kier alpha value is -2.93. The van der Waals surface area contributed by atoms with Gasteiger partial charge < -0.3 is 0 Å². The molecule has 142 valence electrons. The first-order valence-electron chi connectivity index (χ1n) is 10.7. The van der Waals surface area contributed by atoms with Gasteiger partial charge >= 0.3 is 0 Å². The van der Waals surface area contributed by atoms with Crippen LogP contribution in [-0.4, -0.2) is 4.98 Å². The molecular formula is C28H25N. The van der Waals surface area contributed by atoms with Gasteiger partial charge in [0.15, 0.2) is 0 Å². The summed E-state index contributed by atoms with van der Waals surface area (Å²) in [6, 6.07) is 22.8. The van der Waals surface area contributed by atoms with E-state index in [-0.39, 0.29) is 0 Å². The van der Waals surface area contributed by atoms with Crippen molar-refractivity contribution in [1.29, 1.82) is 0 Å². The SMILES string of the molecule is Cc1cnc(-c2ccc3cccc4c3c2CC2(Cc3ccccc3C2)C4)cc1C. The van der Waals surface area contributed by atoms with E-state index >= 15 is 0 Å². The van der Waals surface area contributed by atoms with Crippen LogP contribution in [-0.2, 0) is 25.7 Å². The van der Waals surface area contributed by atoms with Crippen LogP contribution in [0, 0.1) is 19.3 Å². The summed E-state index contributed by atoms with van der Waals surface area (Å²) in [5.41, 5.74) is 11.4. The maximum absolute atomic E-state index is 4.83. The van der Waals surface area contributed by atoms with Crippen molar-refractivity contribution in [3.05, 3.63) is 100 Å². The van der Waals surface area contributed by atoms with Crippen LogP contribution in [0.25, 0.3) is 22.0 Å². The van der Waals surface area contributed by atoms with E-state index in [2.05, 4.69) is 74.5 Å². The first kappa shape index (κ1) is 17.0. The van der Waals surface area contributed by atoms with Gasteiger partial charge in [-0.25, -0.2) is 0 Å². The van der Waals surface area contributed by atoms with E-state index < -0.39 is 0 Å². The van der Waals surface area contributed by atoms with E-state index in [1.807, 2.05) is 6.20 Å².